The minimum absolute atomic E-state index is 0.0620. The molecule has 7 atom stereocenters. The Morgan fingerprint density at radius 1 is 0.677 bits per heavy atom. The van der Waals surface area contributed by atoms with Gasteiger partial charge in [-0.1, -0.05) is 66.5 Å². The fourth-order valence-corrected chi connectivity index (χ4v) is 10.5. The molecule has 0 aliphatic heterocycles. The first-order chi connectivity index (χ1) is 14.2. The lowest BCUT2D eigenvalue weighted by atomic mass is 9.34. The standard InChI is InChI=1S/C30H50O/c1-25(2)15-16-27(5)17-18-29(7)20(21(27)19-25)9-10-23-28(6)13-12-24(31)26(3,4)22(28)11-14-30(23,29)8/h22-24,31H,9-19H2,1-8H3/t22?,23?,24-,27-,28+,29-,30-/m1/s1. The number of aliphatic hydroxyl groups excluding tert-OH is 1. The van der Waals surface area contributed by atoms with E-state index >= 15 is 0 Å². The zero-order valence-electron chi connectivity index (χ0n) is 22.0. The molecule has 1 N–H and O–H groups in total. The van der Waals surface area contributed by atoms with Crippen molar-refractivity contribution in [1.82, 2.24) is 0 Å². The Hall–Kier alpha value is -0.300. The smallest absolute Gasteiger partial charge is 0.0594 e. The maximum atomic E-state index is 10.9. The van der Waals surface area contributed by atoms with Gasteiger partial charge in [-0.2, -0.15) is 0 Å². The fourth-order valence-electron chi connectivity index (χ4n) is 10.5. The number of hydrogen-bond donors (Lipinski definition) is 1. The van der Waals surface area contributed by atoms with E-state index in [1.165, 1.54) is 64.2 Å². The quantitative estimate of drug-likeness (QED) is 0.386. The maximum absolute atomic E-state index is 10.9. The first-order valence-electron chi connectivity index (χ1n) is 13.6. The van der Waals surface area contributed by atoms with Crippen molar-refractivity contribution in [3.05, 3.63) is 11.1 Å². The van der Waals surface area contributed by atoms with Gasteiger partial charge in [0, 0.05) is 0 Å². The minimum atomic E-state index is -0.119. The monoisotopic (exact) mass is 426 g/mol. The van der Waals surface area contributed by atoms with E-state index in [4.69, 9.17) is 0 Å². The molecule has 31 heavy (non-hydrogen) atoms. The average Bonchev–Trinajstić information content (AvgIpc) is 2.67. The van der Waals surface area contributed by atoms with E-state index in [9.17, 15) is 5.11 Å². The highest BCUT2D eigenvalue weighted by molar-refractivity contribution is 5.38. The van der Waals surface area contributed by atoms with Gasteiger partial charge in [0.05, 0.1) is 6.10 Å². The molecule has 0 aromatic rings. The fraction of sp³-hybridized carbons (Fsp3) is 0.933. The number of hydrogen-bond acceptors (Lipinski definition) is 1. The van der Waals surface area contributed by atoms with E-state index in [2.05, 4.69) is 55.4 Å². The lowest BCUT2D eigenvalue weighted by Crippen LogP contribution is -2.64. The van der Waals surface area contributed by atoms with Crippen molar-refractivity contribution in [3.63, 3.8) is 0 Å². The first kappa shape index (κ1) is 22.5. The molecule has 4 saturated carbocycles. The summed E-state index contributed by atoms with van der Waals surface area (Å²) in [6, 6.07) is 0. The molecular formula is C30H50O. The van der Waals surface area contributed by atoms with E-state index in [1.54, 1.807) is 0 Å². The highest BCUT2D eigenvalue weighted by Crippen LogP contribution is 2.75. The number of fused-ring (bicyclic) bond motifs is 6. The van der Waals surface area contributed by atoms with Gasteiger partial charge < -0.3 is 5.11 Å². The van der Waals surface area contributed by atoms with Crippen LogP contribution in [0.3, 0.4) is 0 Å². The second kappa shape index (κ2) is 6.43. The molecule has 0 bridgehead atoms. The average molecular weight is 427 g/mol. The van der Waals surface area contributed by atoms with Crippen molar-refractivity contribution in [1.29, 1.82) is 0 Å². The van der Waals surface area contributed by atoms with Crippen LogP contribution in [0.2, 0.25) is 0 Å². The molecule has 2 unspecified atom stereocenters. The van der Waals surface area contributed by atoms with Crippen molar-refractivity contribution in [2.24, 2.45) is 44.3 Å². The number of aliphatic hydroxyl groups is 1. The van der Waals surface area contributed by atoms with Gasteiger partial charge in [0.2, 0.25) is 0 Å². The highest BCUT2D eigenvalue weighted by atomic mass is 16.3. The predicted octanol–water partition coefficient (Wildman–Crippen LogP) is 8.31. The van der Waals surface area contributed by atoms with Crippen molar-refractivity contribution < 1.29 is 5.11 Å². The van der Waals surface area contributed by atoms with Crippen molar-refractivity contribution >= 4 is 0 Å². The second-order valence-electron chi connectivity index (χ2n) is 15.2. The topological polar surface area (TPSA) is 20.2 Å². The van der Waals surface area contributed by atoms with Gasteiger partial charge in [-0.3, -0.25) is 0 Å². The molecule has 0 saturated heterocycles. The van der Waals surface area contributed by atoms with Crippen LogP contribution in [0.4, 0.5) is 0 Å². The van der Waals surface area contributed by atoms with Gasteiger partial charge in [0.25, 0.3) is 0 Å². The molecule has 0 radical (unpaired) electrons. The number of allylic oxidation sites excluding steroid dienone is 2. The Kier molecular flexibility index (Phi) is 4.66. The zero-order valence-corrected chi connectivity index (χ0v) is 22.0. The van der Waals surface area contributed by atoms with Gasteiger partial charge in [-0.15, -0.1) is 0 Å². The van der Waals surface area contributed by atoms with Crippen LogP contribution in [0.15, 0.2) is 11.1 Å². The van der Waals surface area contributed by atoms with Crippen LogP contribution in [0.1, 0.15) is 126 Å². The molecule has 0 amide bonds. The molecule has 0 heterocycles. The summed E-state index contributed by atoms with van der Waals surface area (Å²) >= 11 is 0. The van der Waals surface area contributed by atoms with Crippen LogP contribution in [-0.4, -0.2) is 11.2 Å². The molecule has 5 aliphatic carbocycles. The Morgan fingerprint density at radius 2 is 1.35 bits per heavy atom. The molecule has 0 spiro atoms. The summed E-state index contributed by atoms with van der Waals surface area (Å²) in [5, 5.41) is 10.9. The Labute approximate surface area is 192 Å². The van der Waals surface area contributed by atoms with E-state index in [1.807, 2.05) is 11.1 Å². The van der Waals surface area contributed by atoms with Crippen LogP contribution in [0.25, 0.3) is 0 Å². The Morgan fingerprint density at radius 3 is 2.06 bits per heavy atom. The lowest BCUT2D eigenvalue weighted by Gasteiger charge is -2.71. The van der Waals surface area contributed by atoms with Crippen molar-refractivity contribution in [2.45, 2.75) is 132 Å². The maximum Gasteiger partial charge on any atom is 0.0594 e. The van der Waals surface area contributed by atoms with Crippen LogP contribution in [0, 0.1) is 44.3 Å². The van der Waals surface area contributed by atoms with E-state index in [0.717, 1.165) is 12.3 Å². The molecule has 4 fully saturated rings. The van der Waals surface area contributed by atoms with E-state index in [-0.39, 0.29) is 11.5 Å². The molecule has 5 aliphatic rings. The Balaban J connectivity index is 1.59. The van der Waals surface area contributed by atoms with E-state index < -0.39 is 0 Å². The molecule has 5 rings (SSSR count). The summed E-state index contributed by atoms with van der Waals surface area (Å²) in [6.07, 6.45) is 14.5. The predicted molar refractivity (Wildman–Crippen MR) is 131 cm³/mol. The SMILES string of the molecule is CC1(C)CC[C@]2(C)CC[C@]3(C)C(=C2C1)CCC1[C@@]2(C)CC[C@@H](O)C(C)(C)C2CC[C@]13C. The summed E-state index contributed by atoms with van der Waals surface area (Å²) < 4.78 is 0. The van der Waals surface area contributed by atoms with Crippen molar-refractivity contribution in [3.8, 4) is 0 Å². The van der Waals surface area contributed by atoms with Gasteiger partial charge in [-0.05, 0) is 115 Å². The molecule has 1 nitrogen and oxygen atoms in total. The molecule has 176 valence electrons. The summed E-state index contributed by atoms with van der Waals surface area (Å²) in [6.45, 7) is 20.4. The van der Waals surface area contributed by atoms with Crippen LogP contribution in [-0.2, 0) is 0 Å². The molecule has 1 heteroatoms. The normalized spacial score (nSPS) is 53.1. The minimum Gasteiger partial charge on any atom is -0.393 e. The summed E-state index contributed by atoms with van der Waals surface area (Å²) in [5.41, 5.74) is 6.03. The van der Waals surface area contributed by atoms with Crippen LogP contribution in [0.5, 0.6) is 0 Å². The van der Waals surface area contributed by atoms with Crippen LogP contribution >= 0.6 is 0 Å². The second-order valence-corrected chi connectivity index (χ2v) is 15.2. The Bertz CT molecular complexity index is 803. The first-order valence-corrected chi connectivity index (χ1v) is 13.6. The lowest BCUT2D eigenvalue weighted by molar-refractivity contribution is -0.204. The van der Waals surface area contributed by atoms with Crippen LogP contribution < -0.4 is 0 Å². The zero-order chi connectivity index (χ0) is 22.7. The molecule has 0 aromatic carbocycles. The summed E-state index contributed by atoms with van der Waals surface area (Å²) in [5.74, 6) is 1.47. The van der Waals surface area contributed by atoms with Gasteiger partial charge in [0.15, 0.2) is 0 Å². The molecule has 0 aromatic heterocycles. The highest BCUT2D eigenvalue weighted by Gasteiger charge is 2.67. The largest absolute Gasteiger partial charge is 0.393 e. The third-order valence-electron chi connectivity index (χ3n) is 12.9. The van der Waals surface area contributed by atoms with Gasteiger partial charge in [-0.25, -0.2) is 0 Å². The van der Waals surface area contributed by atoms with Gasteiger partial charge >= 0.3 is 0 Å². The number of rotatable bonds is 0. The van der Waals surface area contributed by atoms with Crippen molar-refractivity contribution in [2.75, 3.05) is 0 Å². The summed E-state index contributed by atoms with van der Waals surface area (Å²) in [4.78, 5) is 0. The van der Waals surface area contributed by atoms with E-state index in [0.29, 0.717) is 33.0 Å². The third kappa shape index (κ3) is 2.77. The van der Waals surface area contributed by atoms with Gasteiger partial charge in [0.1, 0.15) is 0 Å². The molecular weight excluding hydrogens is 376 g/mol. The third-order valence-corrected chi connectivity index (χ3v) is 12.9. The summed E-state index contributed by atoms with van der Waals surface area (Å²) in [7, 11) is 0.